The number of carboxylic acids is 1. The smallest absolute Gasteiger partial charge is 0.339 e. The van der Waals surface area contributed by atoms with Gasteiger partial charge in [0.2, 0.25) is 0 Å². The number of pyridine rings is 1. The molecule has 1 aliphatic heterocycles. The molecule has 0 unspecified atom stereocenters. The number of ether oxygens (including phenoxy) is 1. The normalized spacial score (nSPS) is 17.6. The monoisotopic (exact) mass is 248 g/mol. The summed E-state index contributed by atoms with van der Waals surface area (Å²) in [4.78, 5) is 17.8. The first-order chi connectivity index (χ1) is 8.65. The van der Waals surface area contributed by atoms with Crippen LogP contribution in [0.2, 0.25) is 0 Å². The van der Waals surface area contributed by atoms with Gasteiger partial charge in [0.25, 0.3) is 0 Å². The summed E-state index contributed by atoms with van der Waals surface area (Å²) in [6.07, 6.45) is 2.47. The highest BCUT2D eigenvalue weighted by atomic mass is 16.5. The molecule has 96 valence electrons. The van der Waals surface area contributed by atoms with E-state index in [-0.39, 0.29) is 5.56 Å². The molecule has 1 saturated carbocycles. The van der Waals surface area contributed by atoms with Gasteiger partial charge in [-0.15, -0.1) is 0 Å². The lowest BCUT2D eigenvalue weighted by atomic mass is 10.1. The van der Waals surface area contributed by atoms with E-state index in [9.17, 15) is 9.90 Å². The molecule has 0 atom stereocenters. The van der Waals surface area contributed by atoms with Crippen LogP contribution in [-0.2, 0) is 18.0 Å². The van der Waals surface area contributed by atoms with Crippen LogP contribution in [0.15, 0.2) is 6.07 Å². The number of hydrogen-bond acceptors (Lipinski definition) is 4. The zero-order chi connectivity index (χ0) is 12.7. The van der Waals surface area contributed by atoms with Gasteiger partial charge in [-0.1, -0.05) is 0 Å². The fourth-order valence-electron chi connectivity index (χ4n) is 2.31. The Kier molecular flexibility index (Phi) is 2.70. The second-order valence-corrected chi connectivity index (χ2v) is 5.09. The Balaban J connectivity index is 1.96. The molecular weight excluding hydrogens is 232 g/mol. The molecule has 0 spiro atoms. The highest BCUT2D eigenvalue weighted by Crippen LogP contribution is 2.32. The molecule has 1 N–H and O–H groups in total. The third kappa shape index (κ3) is 2.06. The van der Waals surface area contributed by atoms with E-state index in [4.69, 9.17) is 4.74 Å². The Morgan fingerprint density at radius 3 is 3.00 bits per heavy atom. The molecule has 3 rings (SSSR count). The fourth-order valence-corrected chi connectivity index (χ4v) is 2.31. The Hall–Kier alpha value is -1.62. The highest BCUT2D eigenvalue weighted by Gasteiger charge is 2.27. The van der Waals surface area contributed by atoms with Crippen molar-refractivity contribution < 1.29 is 14.6 Å². The second kappa shape index (κ2) is 4.24. The first-order valence-electron chi connectivity index (χ1n) is 6.20. The van der Waals surface area contributed by atoms with Crippen LogP contribution in [0.25, 0.3) is 0 Å². The summed E-state index contributed by atoms with van der Waals surface area (Å²) >= 11 is 0. The quantitative estimate of drug-likeness (QED) is 0.878. The van der Waals surface area contributed by atoms with Crippen molar-refractivity contribution in [3.8, 4) is 0 Å². The number of anilines is 1. The molecule has 0 saturated heterocycles. The lowest BCUT2D eigenvalue weighted by Crippen LogP contribution is -2.24. The summed E-state index contributed by atoms with van der Waals surface area (Å²) in [6, 6.07) is 1.70. The molecule has 1 fully saturated rings. The van der Waals surface area contributed by atoms with E-state index in [0.29, 0.717) is 24.9 Å². The number of hydrogen-bond donors (Lipinski definition) is 1. The topological polar surface area (TPSA) is 62.7 Å². The molecule has 0 bridgehead atoms. The molecule has 5 nitrogen and oxygen atoms in total. The number of carbonyl (C=O) groups is 1. The lowest BCUT2D eigenvalue weighted by molar-refractivity contribution is 0.0697. The number of carboxylic acid groups (broad SMARTS) is 1. The van der Waals surface area contributed by atoms with Gasteiger partial charge in [0.05, 0.1) is 18.9 Å². The number of nitrogens with zero attached hydrogens (tertiary/aromatic N) is 2. The summed E-state index contributed by atoms with van der Waals surface area (Å²) < 4.78 is 5.30. The third-order valence-corrected chi connectivity index (χ3v) is 3.49. The standard InChI is InChI=1S/C13H16N2O3/c1-15(5-8-2-3-8)12-10(13(16)17)4-9-6-18-7-11(9)14-12/h4,8H,2-3,5-7H2,1H3,(H,16,17). The van der Waals surface area contributed by atoms with Crippen molar-refractivity contribution in [3.63, 3.8) is 0 Å². The third-order valence-electron chi connectivity index (χ3n) is 3.49. The summed E-state index contributed by atoms with van der Waals surface area (Å²) in [5.41, 5.74) is 2.05. The van der Waals surface area contributed by atoms with Crippen molar-refractivity contribution in [2.75, 3.05) is 18.5 Å². The van der Waals surface area contributed by atoms with Crippen LogP contribution in [0.3, 0.4) is 0 Å². The first kappa shape index (κ1) is 11.5. The maximum Gasteiger partial charge on any atom is 0.339 e. The summed E-state index contributed by atoms with van der Waals surface area (Å²) in [6.45, 7) is 1.83. The molecule has 0 aromatic carbocycles. The van der Waals surface area contributed by atoms with Gasteiger partial charge in [0.1, 0.15) is 11.4 Å². The van der Waals surface area contributed by atoms with Crippen LogP contribution in [-0.4, -0.2) is 29.7 Å². The van der Waals surface area contributed by atoms with E-state index in [1.165, 1.54) is 12.8 Å². The van der Waals surface area contributed by atoms with Crippen molar-refractivity contribution >= 4 is 11.8 Å². The van der Waals surface area contributed by atoms with E-state index in [1.54, 1.807) is 6.07 Å². The molecule has 5 heteroatoms. The predicted molar refractivity (Wildman–Crippen MR) is 65.7 cm³/mol. The Labute approximate surface area is 105 Å². The minimum atomic E-state index is -0.921. The van der Waals surface area contributed by atoms with Crippen molar-refractivity contribution in [2.45, 2.75) is 26.1 Å². The number of aromatic nitrogens is 1. The molecule has 0 amide bonds. The Morgan fingerprint density at radius 1 is 1.56 bits per heavy atom. The molecule has 1 aliphatic carbocycles. The molecule has 0 radical (unpaired) electrons. The average molecular weight is 248 g/mol. The van der Waals surface area contributed by atoms with Gasteiger partial charge in [0.15, 0.2) is 0 Å². The van der Waals surface area contributed by atoms with Gasteiger partial charge < -0.3 is 14.7 Å². The van der Waals surface area contributed by atoms with Crippen LogP contribution in [0.1, 0.15) is 34.5 Å². The van der Waals surface area contributed by atoms with E-state index >= 15 is 0 Å². The van der Waals surface area contributed by atoms with E-state index < -0.39 is 5.97 Å². The maximum atomic E-state index is 11.3. The zero-order valence-corrected chi connectivity index (χ0v) is 10.3. The molecular formula is C13H16N2O3. The Bertz CT molecular complexity index is 497. The van der Waals surface area contributed by atoms with Crippen LogP contribution < -0.4 is 4.90 Å². The molecule has 2 heterocycles. The number of fused-ring (bicyclic) bond motifs is 1. The molecule has 1 aromatic heterocycles. The summed E-state index contributed by atoms with van der Waals surface area (Å²) in [5.74, 6) is 0.344. The van der Waals surface area contributed by atoms with Gasteiger partial charge >= 0.3 is 5.97 Å². The SMILES string of the molecule is CN(CC1CC1)c1nc2c(cc1C(=O)O)COC2. The van der Waals surface area contributed by atoms with Gasteiger partial charge in [-0.05, 0) is 24.8 Å². The van der Waals surface area contributed by atoms with Gasteiger partial charge in [-0.3, -0.25) is 0 Å². The van der Waals surface area contributed by atoms with E-state index in [0.717, 1.165) is 17.8 Å². The van der Waals surface area contributed by atoms with Gasteiger partial charge in [-0.2, -0.15) is 0 Å². The fraction of sp³-hybridized carbons (Fsp3) is 0.538. The van der Waals surface area contributed by atoms with Crippen LogP contribution >= 0.6 is 0 Å². The van der Waals surface area contributed by atoms with Crippen LogP contribution in [0.5, 0.6) is 0 Å². The lowest BCUT2D eigenvalue weighted by Gasteiger charge is -2.20. The van der Waals surface area contributed by atoms with Crippen LogP contribution in [0.4, 0.5) is 5.82 Å². The number of rotatable bonds is 4. The minimum absolute atomic E-state index is 0.280. The van der Waals surface area contributed by atoms with Gasteiger partial charge in [-0.25, -0.2) is 9.78 Å². The minimum Gasteiger partial charge on any atom is -0.478 e. The zero-order valence-electron chi connectivity index (χ0n) is 10.3. The summed E-state index contributed by atoms with van der Waals surface area (Å²) in [5, 5.41) is 9.29. The van der Waals surface area contributed by atoms with E-state index in [2.05, 4.69) is 4.98 Å². The van der Waals surface area contributed by atoms with E-state index in [1.807, 2.05) is 11.9 Å². The molecule has 2 aliphatic rings. The average Bonchev–Trinajstić information content (AvgIpc) is 3.03. The van der Waals surface area contributed by atoms with Crippen molar-refractivity contribution in [2.24, 2.45) is 5.92 Å². The molecule has 1 aromatic rings. The van der Waals surface area contributed by atoms with Gasteiger partial charge in [0, 0.05) is 19.2 Å². The number of aromatic carboxylic acids is 1. The first-order valence-corrected chi connectivity index (χ1v) is 6.20. The van der Waals surface area contributed by atoms with Crippen molar-refractivity contribution in [3.05, 3.63) is 22.9 Å². The maximum absolute atomic E-state index is 11.3. The second-order valence-electron chi connectivity index (χ2n) is 5.09. The summed E-state index contributed by atoms with van der Waals surface area (Å²) in [7, 11) is 1.91. The largest absolute Gasteiger partial charge is 0.478 e. The van der Waals surface area contributed by atoms with Crippen molar-refractivity contribution in [1.82, 2.24) is 4.98 Å². The predicted octanol–water partition coefficient (Wildman–Crippen LogP) is 1.66. The highest BCUT2D eigenvalue weighted by molar-refractivity contribution is 5.93. The Morgan fingerprint density at radius 2 is 2.33 bits per heavy atom. The van der Waals surface area contributed by atoms with Crippen molar-refractivity contribution in [1.29, 1.82) is 0 Å². The molecule has 18 heavy (non-hydrogen) atoms. The van der Waals surface area contributed by atoms with Crippen LogP contribution in [0, 0.1) is 5.92 Å².